The van der Waals surface area contributed by atoms with Crippen molar-refractivity contribution >= 4 is 10.9 Å². The summed E-state index contributed by atoms with van der Waals surface area (Å²) in [5.41, 5.74) is 2.49. The number of benzene rings is 1. The summed E-state index contributed by atoms with van der Waals surface area (Å²) < 4.78 is 0. The Balaban J connectivity index is 2.23. The second kappa shape index (κ2) is 5.08. The van der Waals surface area contributed by atoms with Crippen LogP contribution in [0.5, 0.6) is 0 Å². The number of pyridine rings is 1. The Hall–Kier alpha value is -1.41. The van der Waals surface area contributed by atoms with Gasteiger partial charge in [0.1, 0.15) is 0 Å². The summed E-state index contributed by atoms with van der Waals surface area (Å²) in [6.45, 7) is 2.21. The van der Waals surface area contributed by atoms with Crippen LogP contribution in [0.3, 0.4) is 0 Å². The second-order valence-corrected chi connectivity index (χ2v) is 4.22. The normalized spacial score (nSPS) is 12.9. The highest BCUT2D eigenvalue weighted by atomic mass is 14.8. The number of aryl methyl sites for hydroxylation is 1. The van der Waals surface area contributed by atoms with Crippen LogP contribution in [0.1, 0.15) is 18.9 Å². The smallest absolute Gasteiger partial charge is 0.0704 e. The molecule has 1 aromatic carbocycles. The third-order valence-corrected chi connectivity index (χ3v) is 3.08. The fourth-order valence-electron chi connectivity index (χ4n) is 1.90. The van der Waals surface area contributed by atoms with Crippen LogP contribution < -0.4 is 5.32 Å². The van der Waals surface area contributed by atoms with Gasteiger partial charge in [-0.15, -0.1) is 0 Å². The lowest BCUT2D eigenvalue weighted by molar-refractivity contribution is 0.566. The van der Waals surface area contributed by atoms with Gasteiger partial charge in [0.05, 0.1) is 5.52 Å². The standard InChI is InChI=1S/C14H18N2/c1-11(15-2)8-9-12-5-3-7-14-13(12)6-4-10-16-14/h3-7,10-11,15H,8-9H2,1-2H3. The van der Waals surface area contributed by atoms with Crippen LogP contribution >= 0.6 is 0 Å². The number of nitrogens with zero attached hydrogens (tertiary/aromatic N) is 1. The van der Waals surface area contributed by atoms with Crippen LogP contribution in [-0.2, 0) is 6.42 Å². The molecule has 1 heterocycles. The maximum Gasteiger partial charge on any atom is 0.0704 e. The summed E-state index contributed by atoms with van der Waals surface area (Å²) in [7, 11) is 2.01. The quantitative estimate of drug-likeness (QED) is 0.846. The topological polar surface area (TPSA) is 24.9 Å². The molecule has 0 bridgehead atoms. The fraction of sp³-hybridized carbons (Fsp3) is 0.357. The predicted octanol–water partition coefficient (Wildman–Crippen LogP) is 2.78. The van der Waals surface area contributed by atoms with Gasteiger partial charge in [0, 0.05) is 17.6 Å². The summed E-state index contributed by atoms with van der Waals surface area (Å²) >= 11 is 0. The summed E-state index contributed by atoms with van der Waals surface area (Å²) in [6, 6.07) is 11.1. The third-order valence-electron chi connectivity index (χ3n) is 3.08. The van der Waals surface area contributed by atoms with E-state index in [1.807, 2.05) is 19.3 Å². The lowest BCUT2D eigenvalue weighted by Gasteiger charge is -2.11. The van der Waals surface area contributed by atoms with Crippen molar-refractivity contribution in [3.05, 3.63) is 42.1 Å². The minimum Gasteiger partial charge on any atom is -0.317 e. The number of hydrogen-bond donors (Lipinski definition) is 1. The average Bonchev–Trinajstić information content (AvgIpc) is 2.35. The lowest BCUT2D eigenvalue weighted by atomic mass is 10.0. The summed E-state index contributed by atoms with van der Waals surface area (Å²) in [5, 5.41) is 4.55. The van der Waals surface area contributed by atoms with Crippen molar-refractivity contribution < 1.29 is 0 Å². The monoisotopic (exact) mass is 214 g/mol. The number of nitrogens with one attached hydrogen (secondary N) is 1. The Bertz CT molecular complexity index is 460. The van der Waals surface area contributed by atoms with E-state index in [2.05, 4.69) is 41.5 Å². The molecule has 16 heavy (non-hydrogen) atoms. The molecule has 1 N–H and O–H groups in total. The van der Waals surface area contributed by atoms with E-state index < -0.39 is 0 Å². The largest absolute Gasteiger partial charge is 0.317 e. The summed E-state index contributed by atoms with van der Waals surface area (Å²) in [4.78, 5) is 4.37. The van der Waals surface area contributed by atoms with Gasteiger partial charge in [-0.1, -0.05) is 18.2 Å². The van der Waals surface area contributed by atoms with E-state index in [1.54, 1.807) is 0 Å². The zero-order valence-electron chi connectivity index (χ0n) is 9.90. The molecule has 1 atom stereocenters. The molecule has 0 saturated carbocycles. The van der Waals surface area contributed by atoms with Crippen LogP contribution in [0.25, 0.3) is 10.9 Å². The van der Waals surface area contributed by atoms with E-state index in [-0.39, 0.29) is 0 Å². The van der Waals surface area contributed by atoms with Gasteiger partial charge < -0.3 is 5.32 Å². The maximum absolute atomic E-state index is 4.37. The molecule has 0 amide bonds. The summed E-state index contributed by atoms with van der Waals surface area (Å²) in [5.74, 6) is 0. The number of hydrogen-bond acceptors (Lipinski definition) is 2. The highest BCUT2D eigenvalue weighted by molar-refractivity contribution is 5.81. The maximum atomic E-state index is 4.37. The Morgan fingerprint density at radius 2 is 2.12 bits per heavy atom. The Kier molecular flexibility index (Phi) is 3.52. The molecule has 2 nitrogen and oxygen atoms in total. The first-order valence-corrected chi connectivity index (χ1v) is 5.81. The van der Waals surface area contributed by atoms with Crippen molar-refractivity contribution in [1.29, 1.82) is 0 Å². The van der Waals surface area contributed by atoms with Gasteiger partial charge in [-0.25, -0.2) is 0 Å². The second-order valence-electron chi connectivity index (χ2n) is 4.22. The van der Waals surface area contributed by atoms with E-state index in [0.29, 0.717) is 6.04 Å². The van der Waals surface area contributed by atoms with Gasteiger partial charge in [-0.2, -0.15) is 0 Å². The first-order chi connectivity index (χ1) is 7.81. The molecule has 1 unspecified atom stereocenters. The minimum absolute atomic E-state index is 0.562. The molecule has 0 radical (unpaired) electrons. The van der Waals surface area contributed by atoms with Crippen molar-refractivity contribution in [3.8, 4) is 0 Å². The molecule has 2 aromatic rings. The van der Waals surface area contributed by atoms with Crippen molar-refractivity contribution in [2.24, 2.45) is 0 Å². The van der Waals surface area contributed by atoms with E-state index in [1.165, 1.54) is 10.9 Å². The molecule has 0 fully saturated rings. The van der Waals surface area contributed by atoms with Crippen LogP contribution in [0, 0.1) is 0 Å². The molecule has 0 spiro atoms. The van der Waals surface area contributed by atoms with Gasteiger partial charge in [-0.05, 0) is 44.5 Å². The van der Waals surface area contributed by atoms with Crippen LogP contribution in [0.15, 0.2) is 36.5 Å². The Morgan fingerprint density at radius 3 is 2.94 bits per heavy atom. The molecule has 1 aromatic heterocycles. The molecule has 0 saturated heterocycles. The van der Waals surface area contributed by atoms with Gasteiger partial charge in [-0.3, -0.25) is 4.98 Å². The molecular weight excluding hydrogens is 196 g/mol. The highest BCUT2D eigenvalue weighted by Crippen LogP contribution is 2.18. The predicted molar refractivity (Wildman–Crippen MR) is 68.6 cm³/mol. The van der Waals surface area contributed by atoms with Crippen LogP contribution in [0.4, 0.5) is 0 Å². The van der Waals surface area contributed by atoms with Gasteiger partial charge in [0.25, 0.3) is 0 Å². The van der Waals surface area contributed by atoms with Crippen molar-refractivity contribution in [2.75, 3.05) is 7.05 Å². The first kappa shape index (κ1) is 11.1. The van der Waals surface area contributed by atoms with Crippen molar-refractivity contribution in [2.45, 2.75) is 25.8 Å². The number of aromatic nitrogens is 1. The zero-order chi connectivity index (χ0) is 11.4. The zero-order valence-corrected chi connectivity index (χ0v) is 9.90. The molecule has 84 valence electrons. The number of fused-ring (bicyclic) bond motifs is 1. The fourth-order valence-corrected chi connectivity index (χ4v) is 1.90. The molecular formula is C14H18N2. The van der Waals surface area contributed by atoms with E-state index in [0.717, 1.165) is 18.4 Å². The van der Waals surface area contributed by atoms with Crippen LogP contribution in [0.2, 0.25) is 0 Å². The Morgan fingerprint density at radius 1 is 1.25 bits per heavy atom. The SMILES string of the molecule is CNC(C)CCc1cccc2ncccc12. The first-order valence-electron chi connectivity index (χ1n) is 5.81. The molecule has 2 heteroatoms. The highest BCUT2D eigenvalue weighted by Gasteiger charge is 2.03. The van der Waals surface area contributed by atoms with Gasteiger partial charge in [0.2, 0.25) is 0 Å². The van der Waals surface area contributed by atoms with Gasteiger partial charge in [0.15, 0.2) is 0 Å². The molecule has 0 aliphatic rings. The Labute approximate surface area is 96.7 Å². The molecule has 0 aliphatic heterocycles. The summed E-state index contributed by atoms with van der Waals surface area (Å²) in [6.07, 6.45) is 4.11. The van der Waals surface area contributed by atoms with E-state index >= 15 is 0 Å². The van der Waals surface area contributed by atoms with Crippen molar-refractivity contribution in [1.82, 2.24) is 10.3 Å². The molecule has 2 rings (SSSR count). The third kappa shape index (κ3) is 2.39. The van der Waals surface area contributed by atoms with Gasteiger partial charge >= 0.3 is 0 Å². The minimum atomic E-state index is 0.562. The number of rotatable bonds is 4. The van der Waals surface area contributed by atoms with Crippen molar-refractivity contribution in [3.63, 3.8) is 0 Å². The lowest BCUT2D eigenvalue weighted by Crippen LogP contribution is -2.21. The molecule has 0 aliphatic carbocycles. The van der Waals surface area contributed by atoms with Crippen LogP contribution in [-0.4, -0.2) is 18.1 Å². The van der Waals surface area contributed by atoms with E-state index in [9.17, 15) is 0 Å². The van der Waals surface area contributed by atoms with E-state index in [4.69, 9.17) is 0 Å². The average molecular weight is 214 g/mol.